The fraction of sp³-hybridized carbons (Fsp3) is 0.182. The molecule has 0 radical (unpaired) electrons. The number of nitrogen functional groups attached to an aromatic ring is 1. The predicted molar refractivity (Wildman–Crippen MR) is 74.8 cm³/mol. The Morgan fingerprint density at radius 3 is 2.52 bits per heavy atom. The third kappa shape index (κ3) is 3.85. The number of anilines is 1. The van der Waals surface area contributed by atoms with Crippen molar-refractivity contribution in [1.82, 2.24) is 14.9 Å². The summed E-state index contributed by atoms with van der Waals surface area (Å²) in [5.74, 6) is 6.13. The van der Waals surface area contributed by atoms with Gasteiger partial charge in [-0.3, -0.25) is 0 Å². The molecule has 10 heteroatoms. The second kappa shape index (κ2) is 6.44. The molecule has 0 aliphatic heterocycles. The van der Waals surface area contributed by atoms with Crippen LogP contribution in [0.4, 0.5) is 19.1 Å². The maximum absolute atomic E-state index is 12.7. The van der Waals surface area contributed by atoms with E-state index in [1.807, 2.05) is 0 Å². The normalized spacial score (nSPS) is 11.4. The second-order valence-corrected chi connectivity index (χ2v) is 3.90. The number of aryl methyl sites for hydroxylation is 1. The number of nitrogens with two attached hydrogens (primary N) is 1. The van der Waals surface area contributed by atoms with Gasteiger partial charge >= 0.3 is 6.18 Å². The first-order chi connectivity index (χ1) is 9.39. The molecule has 0 fully saturated rings. The first-order valence-electron chi connectivity index (χ1n) is 5.52. The minimum Gasteiger partial charge on any atom is -0.335 e. The standard InChI is InChI=1S/C11H11F3N6.ClH/c1-7-17-19-10(20(7)15)18-16-6-8-4-2-3-5-9(8)11(12,13)14;/h2-6H,15H2,1H3,(H,18,19);1H/b16-6+;. The highest BCUT2D eigenvalue weighted by Gasteiger charge is 2.32. The lowest BCUT2D eigenvalue weighted by Gasteiger charge is -2.09. The third-order valence-corrected chi connectivity index (χ3v) is 2.50. The summed E-state index contributed by atoms with van der Waals surface area (Å²) in [5, 5.41) is 11.0. The van der Waals surface area contributed by atoms with Gasteiger partial charge in [0.1, 0.15) is 0 Å². The van der Waals surface area contributed by atoms with Crippen LogP contribution in [0.1, 0.15) is 17.0 Å². The van der Waals surface area contributed by atoms with Gasteiger partial charge in [0.25, 0.3) is 5.95 Å². The predicted octanol–water partition coefficient (Wildman–Crippen LogP) is 2.19. The fourth-order valence-corrected chi connectivity index (χ4v) is 1.47. The van der Waals surface area contributed by atoms with E-state index in [-0.39, 0.29) is 23.9 Å². The lowest BCUT2D eigenvalue weighted by atomic mass is 10.1. The summed E-state index contributed by atoms with van der Waals surface area (Å²) in [6.45, 7) is 1.63. The minimum atomic E-state index is -4.44. The Kier molecular flexibility index (Phi) is 5.14. The smallest absolute Gasteiger partial charge is 0.335 e. The molecule has 3 N–H and O–H groups in total. The number of rotatable bonds is 3. The Morgan fingerprint density at radius 1 is 1.29 bits per heavy atom. The average Bonchev–Trinajstić information content (AvgIpc) is 2.70. The Morgan fingerprint density at radius 2 is 1.95 bits per heavy atom. The molecular weight excluding hydrogens is 309 g/mol. The van der Waals surface area contributed by atoms with E-state index in [4.69, 9.17) is 5.84 Å². The Bertz CT molecular complexity index is 637. The van der Waals surface area contributed by atoms with E-state index in [0.29, 0.717) is 5.82 Å². The monoisotopic (exact) mass is 320 g/mol. The molecule has 1 aromatic heterocycles. The Hall–Kier alpha value is -2.29. The quantitative estimate of drug-likeness (QED) is 0.516. The molecule has 0 unspecified atom stereocenters. The molecule has 1 aromatic carbocycles. The van der Waals surface area contributed by atoms with Gasteiger partial charge < -0.3 is 5.84 Å². The zero-order chi connectivity index (χ0) is 14.8. The van der Waals surface area contributed by atoms with Crippen LogP contribution in [0.2, 0.25) is 0 Å². The van der Waals surface area contributed by atoms with Gasteiger partial charge in [-0.15, -0.1) is 22.6 Å². The molecular formula is C11H12ClF3N6. The number of alkyl halides is 3. The molecule has 1 heterocycles. The van der Waals surface area contributed by atoms with Crippen LogP contribution in [0.25, 0.3) is 0 Å². The van der Waals surface area contributed by atoms with Gasteiger partial charge in [-0.25, -0.2) is 10.1 Å². The second-order valence-electron chi connectivity index (χ2n) is 3.90. The van der Waals surface area contributed by atoms with E-state index < -0.39 is 11.7 Å². The zero-order valence-electron chi connectivity index (χ0n) is 10.8. The molecule has 0 aliphatic rings. The van der Waals surface area contributed by atoms with Crippen molar-refractivity contribution in [3.05, 3.63) is 41.2 Å². The number of halogens is 4. The Labute approximate surface area is 124 Å². The van der Waals surface area contributed by atoms with E-state index >= 15 is 0 Å². The summed E-state index contributed by atoms with van der Waals surface area (Å²) in [5.41, 5.74) is 1.60. The van der Waals surface area contributed by atoms with Crippen molar-refractivity contribution in [3.63, 3.8) is 0 Å². The highest BCUT2D eigenvalue weighted by molar-refractivity contribution is 5.85. The molecule has 2 rings (SSSR count). The minimum absolute atomic E-state index is 0. The van der Waals surface area contributed by atoms with Crippen LogP contribution < -0.4 is 11.3 Å². The van der Waals surface area contributed by atoms with E-state index in [9.17, 15) is 13.2 Å². The number of hydrazone groups is 1. The molecule has 0 saturated heterocycles. The summed E-state index contributed by atoms with van der Waals surface area (Å²) < 4.78 is 39.3. The van der Waals surface area contributed by atoms with E-state index in [2.05, 4.69) is 20.7 Å². The molecule has 2 aromatic rings. The van der Waals surface area contributed by atoms with Crippen molar-refractivity contribution < 1.29 is 13.2 Å². The number of hydrogen-bond donors (Lipinski definition) is 2. The fourth-order valence-electron chi connectivity index (χ4n) is 1.47. The van der Waals surface area contributed by atoms with E-state index in [1.165, 1.54) is 18.2 Å². The largest absolute Gasteiger partial charge is 0.417 e. The molecule has 6 nitrogen and oxygen atoms in total. The highest BCUT2D eigenvalue weighted by atomic mass is 35.5. The molecule has 0 saturated carbocycles. The van der Waals surface area contributed by atoms with Crippen molar-refractivity contribution in [2.24, 2.45) is 5.10 Å². The van der Waals surface area contributed by atoms with Crippen LogP contribution in [0.15, 0.2) is 29.4 Å². The van der Waals surface area contributed by atoms with Crippen molar-refractivity contribution in [3.8, 4) is 0 Å². The average molecular weight is 321 g/mol. The van der Waals surface area contributed by atoms with Crippen molar-refractivity contribution >= 4 is 24.6 Å². The highest BCUT2D eigenvalue weighted by Crippen LogP contribution is 2.31. The molecule has 0 atom stereocenters. The molecule has 0 amide bonds. The van der Waals surface area contributed by atoms with Gasteiger partial charge in [0.05, 0.1) is 11.8 Å². The lowest BCUT2D eigenvalue weighted by molar-refractivity contribution is -0.137. The van der Waals surface area contributed by atoms with Crippen LogP contribution in [0.5, 0.6) is 0 Å². The van der Waals surface area contributed by atoms with Crippen LogP contribution in [0, 0.1) is 6.92 Å². The number of nitrogens with one attached hydrogen (secondary N) is 1. The molecule has 0 spiro atoms. The first-order valence-corrected chi connectivity index (χ1v) is 5.52. The van der Waals surface area contributed by atoms with Crippen LogP contribution >= 0.6 is 12.4 Å². The molecule has 21 heavy (non-hydrogen) atoms. The van der Waals surface area contributed by atoms with Gasteiger partial charge in [0, 0.05) is 5.56 Å². The molecule has 0 aliphatic carbocycles. The molecule has 114 valence electrons. The van der Waals surface area contributed by atoms with Gasteiger partial charge in [-0.05, 0) is 13.0 Å². The van der Waals surface area contributed by atoms with Gasteiger partial charge in [0.2, 0.25) is 0 Å². The summed E-state index contributed by atoms with van der Waals surface area (Å²) >= 11 is 0. The summed E-state index contributed by atoms with van der Waals surface area (Å²) in [6.07, 6.45) is -3.39. The molecule has 0 bridgehead atoms. The van der Waals surface area contributed by atoms with Crippen molar-refractivity contribution in [1.29, 1.82) is 0 Å². The topological polar surface area (TPSA) is 81.1 Å². The zero-order valence-corrected chi connectivity index (χ0v) is 11.6. The van der Waals surface area contributed by atoms with Crippen molar-refractivity contribution in [2.45, 2.75) is 13.1 Å². The third-order valence-electron chi connectivity index (χ3n) is 2.50. The number of benzene rings is 1. The lowest BCUT2D eigenvalue weighted by Crippen LogP contribution is -2.13. The first kappa shape index (κ1) is 16.8. The van der Waals surface area contributed by atoms with Gasteiger partial charge in [-0.2, -0.15) is 18.3 Å². The SMILES string of the molecule is Cc1nnc(N/N=C/c2ccccc2C(F)(F)F)n1N.Cl. The van der Waals surface area contributed by atoms with Crippen LogP contribution in [-0.2, 0) is 6.18 Å². The van der Waals surface area contributed by atoms with Crippen molar-refractivity contribution in [2.75, 3.05) is 11.3 Å². The van der Waals surface area contributed by atoms with Gasteiger partial charge in [-0.1, -0.05) is 18.2 Å². The Balaban J connectivity index is 0.00000220. The summed E-state index contributed by atoms with van der Waals surface area (Å²) in [7, 11) is 0. The van der Waals surface area contributed by atoms with Crippen LogP contribution in [0.3, 0.4) is 0 Å². The van der Waals surface area contributed by atoms with Gasteiger partial charge in [0.15, 0.2) is 5.82 Å². The maximum atomic E-state index is 12.7. The van der Waals surface area contributed by atoms with E-state index in [1.54, 1.807) is 6.92 Å². The number of nitrogens with zero attached hydrogens (tertiary/aromatic N) is 4. The number of aromatic nitrogens is 3. The summed E-state index contributed by atoms with van der Waals surface area (Å²) in [6, 6.07) is 5.10. The van der Waals surface area contributed by atoms with Crippen LogP contribution in [-0.4, -0.2) is 21.1 Å². The van der Waals surface area contributed by atoms with E-state index in [0.717, 1.165) is 17.0 Å². The number of hydrogen-bond acceptors (Lipinski definition) is 5. The maximum Gasteiger partial charge on any atom is 0.417 e. The summed E-state index contributed by atoms with van der Waals surface area (Å²) in [4.78, 5) is 0.